The zero-order valence-electron chi connectivity index (χ0n) is 12.6. The summed E-state index contributed by atoms with van der Waals surface area (Å²) >= 11 is 0. The first-order chi connectivity index (χ1) is 10.3. The molecule has 3 aromatic rings. The standard InChI is InChI=1S/C19H21NO/c1-14(2)11-20-12-16-13-21-19-17(9-6-10-18(16)19)15-7-4-3-5-8-15/h3-10,13-14,20H,11-12H2,1-2H3. The molecule has 0 amide bonds. The second-order valence-electron chi connectivity index (χ2n) is 5.83. The Morgan fingerprint density at radius 3 is 2.57 bits per heavy atom. The topological polar surface area (TPSA) is 25.2 Å². The van der Waals surface area contributed by atoms with E-state index in [9.17, 15) is 0 Å². The molecule has 0 fully saturated rings. The molecule has 2 heteroatoms. The molecule has 0 radical (unpaired) electrons. The van der Waals surface area contributed by atoms with Gasteiger partial charge in [-0.3, -0.25) is 0 Å². The average Bonchev–Trinajstić information content (AvgIpc) is 2.91. The molecule has 0 aliphatic heterocycles. The van der Waals surface area contributed by atoms with Crippen LogP contribution in [0.5, 0.6) is 0 Å². The second kappa shape index (κ2) is 6.15. The fourth-order valence-electron chi connectivity index (χ4n) is 2.59. The molecular formula is C19H21NO. The Balaban J connectivity index is 1.93. The Bertz CT molecular complexity index is 713. The molecule has 0 saturated carbocycles. The zero-order valence-corrected chi connectivity index (χ0v) is 12.6. The number of furan rings is 1. The third kappa shape index (κ3) is 3.01. The van der Waals surface area contributed by atoms with Crippen LogP contribution in [-0.4, -0.2) is 6.54 Å². The molecule has 0 spiro atoms. The number of fused-ring (bicyclic) bond motifs is 1. The van der Waals surface area contributed by atoms with Crippen molar-refractivity contribution in [2.24, 2.45) is 5.92 Å². The summed E-state index contributed by atoms with van der Waals surface area (Å²) in [6.07, 6.45) is 1.88. The lowest BCUT2D eigenvalue weighted by Gasteiger charge is -2.06. The molecule has 3 rings (SSSR count). The molecule has 1 aromatic heterocycles. The number of hydrogen-bond acceptors (Lipinski definition) is 2. The van der Waals surface area contributed by atoms with E-state index in [2.05, 4.69) is 61.6 Å². The fraction of sp³-hybridized carbons (Fsp3) is 0.263. The van der Waals surface area contributed by atoms with Crippen molar-refractivity contribution in [1.29, 1.82) is 0 Å². The van der Waals surface area contributed by atoms with Crippen molar-refractivity contribution >= 4 is 11.0 Å². The number of nitrogens with one attached hydrogen (secondary N) is 1. The average molecular weight is 279 g/mol. The third-order valence-corrected chi connectivity index (χ3v) is 3.63. The van der Waals surface area contributed by atoms with Gasteiger partial charge in [-0.2, -0.15) is 0 Å². The predicted molar refractivity (Wildman–Crippen MR) is 88.2 cm³/mol. The highest BCUT2D eigenvalue weighted by atomic mass is 16.3. The van der Waals surface area contributed by atoms with E-state index in [0.29, 0.717) is 5.92 Å². The van der Waals surface area contributed by atoms with Crippen molar-refractivity contribution in [2.75, 3.05) is 6.54 Å². The van der Waals surface area contributed by atoms with Crippen LogP contribution in [0.15, 0.2) is 59.2 Å². The van der Waals surface area contributed by atoms with E-state index < -0.39 is 0 Å². The lowest BCUT2D eigenvalue weighted by Crippen LogP contribution is -2.18. The van der Waals surface area contributed by atoms with Gasteiger partial charge in [-0.05, 0) is 18.0 Å². The minimum atomic E-state index is 0.656. The summed E-state index contributed by atoms with van der Waals surface area (Å²) in [7, 11) is 0. The largest absolute Gasteiger partial charge is 0.463 e. The summed E-state index contributed by atoms with van der Waals surface area (Å²) in [5.41, 5.74) is 4.55. The lowest BCUT2D eigenvalue weighted by atomic mass is 10.0. The highest BCUT2D eigenvalue weighted by Gasteiger charge is 2.10. The third-order valence-electron chi connectivity index (χ3n) is 3.63. The van der Waals surface area contributed by atoms with E-state index >= 15 is 0 Å². The maximum absolute atomic E-state index is 5.85. The second-order valence-corrected chi connectivity index (χ2v) is 5.83. The maximum atomic E-state index is 5.85. The molecule has 0 atom stereocenters. The van der Waals surface area contributed by atoms with Crippen molar-refractivity contribution in [2.45, 2.75) is 20.4 Å². The molecule has 1 heterocycles. The first-order valence-electron chi connectivity index (χ1n) is 7.51. The minimum absolute atomic E-state index is 0.656. The molecule has 0 unspecified atom stereocenters. The van der Waals surface area contributed by atoms with E-state index in [0.717, 1.165) is 24.2 Å². The molecule has 0 aliphatic carbocycles. The summed E-state index contributed by atoms with van der Waals surface area (Å²) in [5.74, 6) is 0.656. The van der Waals surface area contributed by atoms with E-state index in [1.807, 2.05) is 12.3 Å². The first-order valence-corrected chi connectivity index (χ1v) is 7.51. The quantitative estimate of drug-likeness (QED) is 0.722. The van der Waals surface area contributed by atoms with Crippen LogP contribution in [0.1, 0.15) is 19.4 Å². The van der Waals surface area contributed by atoms with Gasteiger partial charge in [0, 0.05) is 23.1 Å². The van der Waals surface area contributed by atoms with Gasteiger partial charge in [0.2, 0.25) is 0 Å². The molecule has 108 valence electrons. The maximum Gasteiger partial charge on any atom is 0.142 e. The molecule has 0 bridgehead atoms. The lowest BCUT2D eigenvalue weighted by molar-refractivity contribution is 0.547. The zero-order chi connectivity index (χ0) is 14.7. The van der Waals surface area contributed by atoms with Crippen LogP contribution in [0.3, 0.4) is 0 Å². The van der Waals surface area contributed by atoms with Crippen LogP contribution >= 0.6 is 0 Å². The van der Waals surface area contributed by atoms with Gasteiger partial charge in [-0.25, -0.2) is 0 Å². The predicted octanol–water partition coefficient (Wildman–Crippen LogP) is 4.85. The Morgan fingerprint density at radius 2 is 1.81 bits per heavy atom. The smallest absolute Gasteiger partial charge is 0.142 e. The van der Waals surface area contributed by atoms with Gasteiger partial charge in [0.05, 0.1) is 6.26 Å². The number of hydrogen-bond donors (Lipinski definition) is 1. The SMILES string of the molecule is CC(C)CNCc1coc2c(-c3ccccc3)cccc12. The van der Waals surface area contributed by atoms with E-state index in [4.69, 9.17) is 4.42 Å². The van der Waals surface area contributed by atoms with Crippen LogP contribution in [0, 0.1) is 5.92 Å². The first kappa shape index (κ1) is 13.9. The van der Waals surface area contributed by atoms with Crippen molar-refractivity contribution in [1.82, 2.24) is 5.32 Å². The van der Waals surface area contributed by atoms with Crippen molar-refractivity contribution in [3.05, 3.63) is 60.4 Å². The minimum Gasteiger partial charge on any atom is -0.463 e. The molecule has 21 heavy (non-hydrogen) atoms. The van der Waals surface area contributed by atoms with Gasteiger partial charge in [0.25, 0.3) is 0 Å². The van der Waals surface area contributed by atoms with Crippen molar-refractivity contribution in [3.8, 4) is 11.1 Å². The van der Waals surface area contributed by atoms with Gasteiger partial charge >= 0.3 is 0 Å². The van der Waals surface area contributed by atoms with Gasteiger partial charge in [-0.15, -0.1) is 0 Å². The molecule has 0 aliphatic rings. The van der Waals surface area contributed by atoms with Crippen molar-refractivity contribution in [3.63, 3.8) is 0 Å². The van der Waals surface area contributed by atoms with E-state index in [-0.39, 0.29) is 0 Å². The Hall–Kier alpha value is -2.06. The Morgan fingerprint density at radius 1 is 1.00 bits per heavy atom. The van der Waals surface area contributed by atoms with Crippen LogP contribution in [0.4, 0.5) is 0 Å². The van der Waals surface area contributed by atoms with Crippen LogP contribution in [-0.2, 0) is 6.54 Å². The molecule has 0 saturated heterocycles. The van der Waals surface area contributed by atoms with Crippen LogP contribution in [0.25, 0.3) is 22.1 Å². The van der Waals surface area contributed by atoms with E-state index in [1.165, 1.54) is 16.5 Å². The Kier molecular flexibility index (Phi) is 4.07. The summed E-state index contributed by atoms with van der Waals surface area (Å²) in [5, 5.41) is 4.68. The number of benzene rings is 2. The molecule has 1 N–H and O–H groups in total. The highest BCUT2D eigenvalue weighted by molar-refractivity contribution is 5.94. The van der Waals surface area contributed by atoms with E-state index in [1.54, 1.807) is 0 Å². The molecular weight excluding hydrogens is 258 g/mol. The van der Waals surface area contributed by atoms with Gasteiger partial charge < -0.3 is 9.73 Å². The number of para-hydroxylation sites is 1. The molecule has 2 nitrogen and oxygen atoms in total. The highest BCUT2D eigenvalue weighted by Crippen LogP contribution is 2.31. The summed E-state index contributed by atoms with van der Waals surface area (Å²) in [4.78, 5) is 0. The van der Waals surface area contributed by atoms with Crippen LogP contribution in [0.2, 0.25) is 0 Å². The van der Waals surface area contributed by atoms with Gasteiger partial charge in [0.15, 0.2) is 0 Å². The number of rotatable bonds is 5. The van der Waals surface area contributed by atoms with Gasteiger partial charge in [0.1, 0.15) is 5.58 Å². The summed E-state index contributed by atoms with van der Waals surface area (Å²) in [6.45, 7) is 6.30. The normalized spacial score (nSPS) is 11.4. The van der Waals surface area contributed by atoms with Crippen LogP contribution < -0.4 is 5.32 Å². The summed E-state index contributed by atoms with van der Waals surface area (Å²) < 4.78 is 5.85. The van der Waals surface area contributed by atoms with Gasteiger partial charge in [-0.1, -0.05) is 62.4 Å². The van der Waals surface area contributed by atoms with Crippen molar-refractivity contribution < 1.29 is 4.42 Å². The summed E-state index contributed by atoms with van der Waals surface area (Å²) in [6, 6.07) is 16.7. The molecule has 2 aromatic carbocycles. The Labute approximate surface area is 125 Å². The fourth-order valence-corrected chi connectivity index (χ4v) is 2.59. The monoisotopic (exact) mass is 279 g/mol.